The van der Waals surface area contributed by atoms with E-state index >= 15 is 0 Å². The van der Waals surface area contributed by atoms with E-state index in [1.165, 1.54) is 36.0 Å². The Balaban J connectivity index is 1.60. The molecule has 0 atom stereocenters. The number of hydrogen-bond acceptors (Lipinski definition) is 5. The Bertz CT molecular complexity index is 1150. The monoisotopic (exact) mass is 435 g/mol. The third-order valence-electron chi connectivity index (χ3n) is 4.44. The number of anilines is 2. The summed E-state index contributed by atoms with van der Waals surface area (Å²) in [5, 5.41) is 16.5. The minimum absolute atomic E-state index is 0.122. The molecule has 3 rings (SSSR count). The molecule has 0 aliphatic heterocycles. The lowest BCUT2D eigenvalue weighted by atomic mass is 10.1. The molecule has 0 saturated carbocycles. The number of non-ortho nitro benzene ring substituents is 1. The number of benzene rings is 3. The van der Waals surface area contributed by atoms with Gasteiger partial charge in [-0.15, -0.1) is 11.8 Å². The van der Waals surface area contributed by atoms with Crippen molar-refractivity contribution in [3.8, 4) is 0 Å². The summed E-state index contributed by atoms with van der Waals surface area (Å²) in [5.74, 6) is -0.350. The van der Waals surface area contributed by atoms with Crippen LogP contribution in [0.5, 0.6) is 0 Å². The van der Waals surface area contributed by atoms with Gasteiger partial charge < -0.3 is 10.6 Å². The fourth-order valence-corrected chi connectivity index (χ4v) is 3.67. The van der Waals surface area contributed by atoms with E-state index in [1.807, 2.05) is 38.1 Å². The smallest absolute Gasteiger partial charge is 0.270 e. The normalized spacial score (nSPS) is 10.4. The molecule has 0 fully saturated rings. The molecule has 0 radical (unpaired) electrons. The molecule has 0 aromatic heterocycles. The maximum Gasteiger partial charge on any atom is 0.270 e. The first-order chi connectivity index (χ1) is 14.8. The van der Waals surface area contributed by atoms with E-state index < -0.39 is 10.8 Å². The zero-order chi connectivity index (χ0) is 22.4. The van der Waals surface area contributed by atoms with Gasteiger partial charge in [0.1, 0.15) is 0 Å². The first-order valence-electron chi connectivity index (χ1n) is 9.47. The SMILES string of the molecule is Cc1ccc(NC(=O)CSc2cccc(NC(=O)c3cccc([N+](=O)[O-])c3)c2)c(C)c1. The van der Waals surface area contributed by atoms with E-state index in [2.05, 4.69) is 10.6 Å². The Morgan fingerprint density at radius 3 is 2.48 bits per heavy atom. The van der Waals surface area contributed by atoms with Crippen molar-refractivity contribution in [2.75, 3.05) is 16.4 Å². The number of nitrogens with zero attached hydrogens (tertiary/aromatic N) is 1. The molecule has 158 valence electrons. The summed E-state index contributed by atoms with van der Waals surface area (Å²) in [4.78, 5) is 35.9. The molecule has 0 unspecified atom stereocenters. The topological polar surface area (TPSA) is 101 Å². The standard InChI is InChI=1S/C23H21N3O4S/c1-15-9-10-21(16(2)11-15)25-22(27)14-31-20-8-4-6-18(13-20)24-23(28)17-5-3-7-19(12-17)26(29)30/h3-13H,14H2,1-2H3,(H,24,28)(H,25,27). The molecular weight excluding hydrogens is 414 g/mol. The van der Waals surface area contributed by atoms with Gasteiger partial charge in [-0.3, -0.25) is 19.7 Å². The summed E-state index contributed by atoms with van der Waals surface area (Å²) in [6.07, 6.45) is 0. The highest BCUT2D eigenvalue weighted by Gasteiger charge is 2.12. The molecule has 2 N–H and O–H groups in total. The maximum absolute atomic E-state index is 12.4. The predicted molar refractivity (Wildman–Crippen MR) is 123 cm³/mol. The molecular formula is C23H21N3O4S. The summed E-state index contributed by atoms with van der Waals surface area (Å²) in [6, 6.07) is 18.5. The fraction of sp³-hybridized carbons (Fsp3) is 0.130. The van der Waals surface area contributed by atoms with Crippen LogP contribution in [0.2, 0.25) is 0 Å². The average molecular weight is 436 g/mol. The first kappa shape index (κ1) is 22.0. The molecule has 0 aliphatic rings. The molecule has 0 bridgehead atoms. The van der Waals surface area contributed by atoms with Crippen LogP contribution < -0.4 is 10.6 Å². The van der Waals surface area contributed by atoms with E-state index in [4.69, 9.17) is 0 Å². The number of carbonyl (C=O) groups is 2. The van der Waals surface area contributed by atoms with Gasteiger partial charge in [-0.1, -0.05) is 29.8 Å². The zero-order valence-electron chi connectivity index (χ0n) is 17.0. The van der Waals surface area contributed by atoms with E-state index in [0.717, 1.165) is 21.7 Å². The molecule has 3 aromatic rings. The third kappa shape index (κ3) is 6.16. The van der Waals surface area contributed by atoms with Crippen molar-refractivity contribution in [3.63, 3.8) is 0 Å². The number of hydrogen-bond donors (Lipinski definition) is 2. The van der Waals surface area contributed by atoms with Crippen molar-refractivity contribution in [1.82, 2.24) is 0 Å². The Kier molecular flexibility index (Phi) is 7.04. The van der Waals surface area contributed by atoms with Gasteiger partial charge in [0.15, 0.2) is 0 Å². The van der Waals surface area contributed by atoms with E-state index in [0.29, 0.717) is 5.69 Å². The van der Waals surface area contributed by atoms with Gasteiger partial charge in [0.25, 0.3) is 11.6 Å². The van der Waals surface area contributed by atoms with Crippen LogP contribution in [0.1, 0.15) is 21.5 Å². The molecule has 7 nitrogen and oxygen atoms in total. The number of thioether (sulfide) groups is 1. The highest BCUT2D eigenvalue weighted by Crippen LogP contribution is 2.23. The van der Waals surface area contributed by atoms with Crippen LogP contribution in [-0.2, 0) is 4.79 Å². The van der Waals surface area contributed by atoms with E-state index in [9.17, 15) is 19.7 Å². The largest absolute Gasteiger partial charge is 0.325 e. The van der Waals surface area contributed by atoms with Crippen LogP contribution in [0.25, 0.3) is 0 Å². The second-order valence-corrected chi connectivity index (χ2v) is 7.99. The van der Waals surface area contributed by atoms with Crippen molar-refractivity contribution >= 4 is 40.6 Å². The van der Waals surface area contributed by atoms with Gasteiger partial charge >= 0.3 is 0 Å². The summed E-state index contributed by atoms with van der Waals surface area (Å²) >= 11 is 1.35. The number of nitrogens with one attached hydrogen (secondary N) is 2. The van der Waals surface area contributed by atoms with Crippen molar-refractivity contribution in [2.24, 2.45) is 0 Å². The van der Waals surface area contributed by atoms with Crippen molar-refractivity contribution < 1.29 is 14.5 Å². The number of aryl methyl sites for hydroxylation is 2. The maximum atomic E-state index is 12.4. The average Bonchev–Trinajstić information content (AvgIpc) is 2.74. The predicted octanol–water partition coefficient (Wildman–Crippen LogP) is 5.19. The number of nitro benzene ring substituents is 1. The highest BCUT2D eigenvalue weighted by molar-refractivity contribution is 8.00. The number of nitro groups is 1. The second kappa shape index (κ2) is 9.90. The minimum atomic E-state index is -0.544. The van der Waals surface area contributed by atoms with Crippen LogP contribution in [0.4, 0.5) is 17.1 Å². The van der Waals surface area contributed by atoms with Crippen molar-refractivity contribution in [2.45, 2.75) is 18.7 Å². The molecule has 8 heteroatoms. The Labute approximate surface area is 184 Å². The van der Waals surface area contributed by atoms with Crippen LogP contribution in [-0.4, -0.2) is 22.5 Å². The number of amides is 2. The molecule has 31 heavy (non-hydrogen) atoms. The van der Waals surface area contributed by atoms with Gasteiger partial charge in [-0.05, 0) is 49.7 Å². The highest BCUT2D eigenvalue weighted by atomic mass is 32.2. The molecule has 0 heterocycles. The Morgan fingerprint density at radius 2 is 1.74 bits per heavy atom. The van der Waals surface area contributed by atoms with Gasteiger partial charge in [0, 0.05) is 34.0 Å². The minimum Gasteiger partial charge on any atom is -0.325 e. The van der Waals surface area contributed by atoms with Crippen molar-refractivity contribution in [3.05, 3.63) is 93.5 Å². The fourth-order valence-electron chi connectivity index (χ4n) is 2.92. The van der Waals surface area contributed by atoms with Crippen LogP contribution in [0, 0.1) is 24.0 Å². The van der Waals surface area contributed by atoms with Gasteiger partial charge in [-0.2, -0.15) is 0 Å². The summed E-state index contributed by atoms with van der Waals surface area (Å²) < 4.78 is 0. The van der Waals surface area contributed by atoms with Gasteiger partial charge in [0.05, 0.1) is 10.7 Å². The molecule has 3 aromatic carbocycles. The molecule has 2 amide bonds. The third-order valence-corrected chi connectivity index (χ3v) is 5.43. The molecule has 0 aliphatic carbocycles. The van der Waals surface area contributed by atoms with Gasteiger partial charge in [0.2, 0.25) is 5.91 Å². The second-order valence-electron chi connectivity index (χ2n) is 6.94. The number of carbonyl (C=O) groups excluding carboxylic acids is 2. The van der Waals surface area contributed by atoms with Crippen LogP contribution in [0.3, 0.4) is 0 Å². The van der Waals surface area contributed by atoms with E-state index in [-0.39, 0.29) is 22.9 Å². The summed E-state index contributed by atoms with van der Waals surface area (Å²) in [7, 11) is 0. The first-order valence-corrected chi connectivity index (χ1v) is 10.5. The van der Waals surface area contributed by atoms with Gasteiger partial charge in [-0.25, -0.2) is 0 Å². The lowest BCUT2D eigenvalue weighted by Gasteiger charge is -2.10. The quantitative estimate of drug-likeness (QED) is 0.302. The lowest BCUT2D eigenvalue weighted by molar-refractivity contribution is -0.384. The van der Waals surface area contributed by atoms with Crippen molar-refractivity contribution in [1.29, 1.82) is 0 Å². The van der Waals surface area contributed by atoms with E-state index in [1.54, 1.807) is 18.2 Å². The summed E-state index contributed by atoms with van der Waals surface area (Å²) in [5.41, 5.74) is 3.51. The Morgan fingerprint density at radius 1 is 0.968 bits per heavy atom. The molecule has 0 spiro atoms. The molecule has 0 saturated heterocycles. The zero-order valence-corrected chi connectivity index (χ0v) is 17.9. The number of rotatable bonds is 7. The summed E-state index contributed by atoms with van der Waals surface area (Å²) in [6.45, 7) is 3.95. The van der Waals surface area contributed by atoms with Crippen LogP contribution in [0.15, 0.2) is 71.6 Å². The lowest BCUT2D eigenvalue weighted by Crippen LogP contribution is -2.15. The van der Waals surface area contributed by atoms with Crippen LogP contribution >= 0.6 is 11.8 Å². The Hall–Kier alpha value is -3.65.